The summed E-state index contributed by atoms with van der Waals surface area (Å²) in [6.07, 6.45) is 7.64. The molecule has 17 heavy (non-hydrogen) atoms. The summed E-state index contributed by atoms with van der Waals surface area (Å²) in [6, 6.07) is -0.286. The zero-order valence-electron chi connectivity index (χ0n) is 10.7. The third kappa shape index (κ3) is 5.31. The van der Waals surface area contributed by atoms with Gasteiger partial charge >= 0.3 is 0 Å². The van der Waals surface area contributed by atoms with Crippen LogP contribution < -0.4 is 10.6 Å². The highest BCUT2D eigenvalue weighted by atomic mass is 16.2. The van der Waals surface area contributed by atoms with Crippen molar-refractivity contribution >= 4 is 12.2 Å². The largest absolute Gasteiger partial charge is 0.345 e. The van der Waals surface area contributed by atoms with E-state index in [4.69, 9.17) is 0 Å². The van der Waals surface area contributed by atoms with Gasteiger partial charge in [-0.3, -0.25) is 4.79 Å². The van der Waals surface area contributed by atoms with Gasteiger partial charge in [0.2, 0.25) is 5.91 Å². The standard InChI is InChI=1S/C13H24N2O2/c1-2-8-14-9-13(17)15-12(10-16)11-6-4-3-5-7-11/h10-12,14H,2-9H2,1H3,(H,15,17)/t12-/m1/s1. The van der Waals surface area contributed by atoms with Gasteiger partial charge in [0.15, 0.2) is 0 Å². The molecule has 2 N–H and O–H groups in total. The summed E-state index contributed by atoms with van der Waals surface area (Å²) >= 11 is 0. The fraction of sp³-hybridized carbons (Fsp3) is 0.846. The van der Waals surface area contributed by atoms with E-state index in [2.05, 4.69) is 17.6 Å². The summed E-state index contributed by atoms with van der Waals surface area (Å²) in [7, 11) is 0. The molecule has 1 saturated carbocycles. The lowest BCUT2D eigenvalue weighted by atomic mass is 9.84. The topological polar surface area (TPSA) is 58.2 Å². The minimum absolute atomic E-state index is 0.0684. The van der Waals surface area contributed by atoms with Crippen LogP contribution in [0.1, 0.15) is 45.4 Å². The first-order chi connectivity index (χ1) is 8.27. The zero-order valence-corrected chi connectivity index (χ0v) is 10.7. The van der Waals surface area contributed by atoms with Crippen LogP contribution in [0.15, 0.2) is 0 Å². The Morgan fingerprint density at radius 1 is 1.35 bits per heavy atom. The summed E-state index contributed by atoms with van der Waals surface area (Å²) < 4.78 is 0. The number of rotatable bonds is 7. The molecule has 0 unspecified atom stereocenters. The molecule has 1 fully saturated rings. The van der Waals surface area contributed by atoms with E-state index in [-0.39, 0.29) is 11.9 Å². The first kappa shape index (κ1) is 14.2. The van der Waals surface area contributed by atoms with Crippen LogP contribution in [0, 0.1) is 5.92 Å². The second-order valence-electron chi connectivity index (χ2n) is 4.80. The van der Waals surface area contributed by atoms with Gasteiger partial charge in [-0.05, 0) is 31.7 Å². The zero-order chi connectivity index (χ0) is 12.5. The Balaban J connectivity index is 2.29. The Hall–Kier alpha value is -0.900. The summed E-state index contributed by atoms with van der Waals surface area (Å²) in [5, 5.41) is 5.87. The number of carbonyl (C=O) groups excluding carboxylic acids is 2. The Morgan fingerprint density at radius 2 is 2.06 bits per heavy atom. The van der Waals surface area contributed by atoms with Crippen LogP contribution in [0.25, 0.3) is 0 Å². The molecule has 1 aliphatic carbocycles. The molecule has 0 aromatic carbocycles. The summed E-state index contributed by atoms with van der Waals surface area (Å²) in [4.78, 5) is 22.6. The van der Waals surface area contributed by atoms with Gasteiger partial charge < -0.3 is 15.4 Å². The third-order valence-corrected chi connectivity index (χ3v) is 3.34. The van der Waals surface area contributed by atoms with Crippen LogP contribution in [0.5, 0.6) is 0 Å². The smallest absolute Gasteiger partial charge is 0.234 e. The molecule has 0 aliphatic heterocycles. The highest BCUT2D eigenvalue weighted by molar-refractivity contribution is 5.81. The lowest BCUT2D eigenvalue weighted by molar-refractivity contribution is -0.124. The minimum atomic E-state index is -0.286. The van der Waals surface area contributed by atoms with Crippen molar-refractivity contribution in [3.8, 4) is 0 Å². The SMILES string of the molecule is CCCNCC(=O)N[C@H](C=O)C1CCCCC1. The molecule has 4 heteroatoms. The lowest BCUT2D eigenvalue weighted by Gasteiger charge is -2.27. The van der Waals surface area contributed by atoms with Crippen LogP contribution in [-0.2, 0) is 9.59 Å². The molecular formula is C13H24N2O2. The molecule has 98 valence electrons. The van der Waals surface area contributed by atoms with E-state index in [0.29, 0.717) is 12.5 Å². The van der Waals surface area contributed by atoms with Gasteiger partial charge in [-0.1, -0.05) is 26.2 Å². The maximum absolute atomic E-state index is 11.6. The third-order valence-electron chi connectivity index (χ3n) is 3.34. The lowest BCUT2D eigenvalue weighted by Crippen LogP contribution is -2.45. The predicted molar refractivity (Wildman–Crippen MR) is 67.7 cm³/mol. The van der Waals surface area contributed by atoms with E-state index in [9.17, 15) is 9.59 Å². The van der Waals surface area contributed by atoms with Gasteiger partial charge in [-0.15, -0.1) is 0 Å². The van der Waals surface area contributed by atoms with Gasteiger partial charge in [-0.25, -0.2) is 0 Å². The molecule has 1 amide bonds. The molecule has 0 spiro atoms. The van der Waals surface area contributed by atoms with E-state index >= 15 is 0 Å². The van der Waals surface area contributed by atoms with E-state index in [1.165, 1.54) is 19.3 Å². The maximum Gasteiger partial charge on any atom is 0.234 e. The second kappa shape index (κ2) is 8.23. The molecule has 0 heterocycles. The van der Waals surface area contributed by atoms with Crippen LogP contribution in [0.2, 0.25) is 0 Å². The maximum atomic E-state index is 11.6. The number of hydrogen-bond acceptors (Lipinski definition) is 3. The molecule has 1 atom stereocenters. The summed E-state index contributed by atoms with van der Waals surface area (Å²) in [5.41, 5.74) is 0. The van der Waals surface area contributed by atoms with E-state index in [1.54, 1.807) is 0 Å². The van der Waals surface area contributed by atoms with Crippen molar-refractivity contribution in [2.45, 2.75) is 51.5 Å². The van der Waals surface area contributed by atoms with Crippen molar-refractivity contribution in [2.24, 2.45) is 5.92 Å². The van der Waals surface area contributed by atoms with E-state index in [0.717, 1.165) is 32.1 Å². The van der Waals surface area contributed by atoms with Crippen molar-refractivity contribution in [3.05, 3.63) is 0 Å². The van der Waals surface area contributed by atoms with Gasteiger partial charge in [-0.2, -0.15) is 0 Å². The predicted octanol–water partition coefficient (Wildman–Crippen LogP) is 1.25. The Bertz CT molecular complexity index is 238. The van der Waals surface area contributed by atoms with Gasteiger partial charge in [0.25, 0.3) is 0 Å². The quantitative estimate of drug-likeness (QED) is 0.520. The molecule has 1 rings (SSSR count). The van der Waals surface area contributed by atoms with Crippen LogP contribution in [-0.4, -0.2) is 31.3 Å². The molecule has 0 radical (unpaired) electrons. The number of hydrogen-bond donors (Lipinski definition) is 2. The molecule has 0 aromatic rings. The monoisotopic (exact) mass is 240 g/mol. The number of carbonyl (C=O) groups is 2. The summed E-state index contributed by atoms with van der Waals surface area (Å²) in [5.74, 6) is 0.275. The van der Waals surface area contributed by atoms with Crippen molar-refractivity contribution in [3.63, 3.8) is 0 Å². The molecule has 0 saturated heterocycles. The second-order valence-corrected chi connectivity index (χ2v) is 4.80. The fourth-order valence-electron chi connectivity index (χ4n) is 2.37. The van der Waals surface area contributed by atoms with Crippen molar-refractivity contribution in [1.82, 2.24) is 10.6 Å². The average molecular weight is 240 g/mol. The van der Waals surface area contributed by atoms with Crippen LogP contribution >= 0.6 is 0 Å². The molecular weight excluding hydrogens is 216 g/mol. The van der Waals surface area contributed by atoms with Gasteiger partial charge in [0, 0.05) is 0 Å². The van der Waals surface area contributed by atoms with Gasteiger partial charge in [0.1, 0.15) is 6.29 Å². The molecule has 1 aliphatic rings. The highest BCUT2D eigenvalue weighted by Crippen LogP contribution is 2.25. The number of aldehydes is 1. The first-order valence-corrected chi connectivity index (χ1v) is 6.73. The van der Waals surface area contributed by atoms with Crippen molar-refractivity contribution in [1.29, 1.82) is 0 Å². The average Bonchev–Trinajstić information content (AvgIpc) is 2.37. The Labute approximate surface area is 104 Å². The fourth-order valence-corrected chi connectivity index (χ4v) is 2.37. The number of nitrogens with one attached hydrogen (secondary N) is 2. The number of amides is 1. The normalized spacial score (nSPS) is 18.6. The highest BCUT2D eigenvalue weighted by Gasteiger charge is 2.24. The molecule has 4 nitrogen and oxygen atoms in total. The molecule has 0 aromatic heterocycles. The Kier molecular flexibility index (Phi) is 6.86. The minimum Gasteiger partial charge on any atom is -0.345 e. The Morgan fingerprint density at radius 3 is 2.65 bits per heavy atom. The van der Waals surface area contributed by atoms with E-state index in [1.807, 2.05) is 0 Å². The summed E-state index contributed by atoms with van der Waals surface area (Å²) in [6.45, 7) is 3.20. The van der Waals surface area contributed by atoms with Gasteiger partial charge in [0.05, 0.1) is 12.6 Å². The van der Waals surface area contributed by atoms with Crippen LogP contribution in [0.4, 0.5) is 0 Å². The van der Waals surface area contributed by atoms with Crippen molar-refractivity contribution < 1.29 is 9.59 Å². The molecule has 0 bridgehead atoms. The van der Waals surface area contributed by atoms with Crippen LogP contribution in [0.3, 0.4) is 0 Å². The first-order valence-electron chi connectivity index (χ1n) is 6.73. The van der Waals surface area contributed by atoms with Crippen molar-refractivity contribution in [2.75, 3.05) is 13.1 Å². The van der Waals surface area contributed by atoms with E-state index < -0.39 is 0 Å².